The van der Waals surface area contributed by atoms with Crippen LogP contribution < -0.4 is 4.74 Å². The summed E-state index contributed by atoms with van der Waals surface area (Å²) in [5.41, 5.74) is 4.54. The Morgan fingerprint density at radius 1 is 0.371 bits per heavy atom. The lowest BCUT2D eigenvalue weighted by Gasteiger charge is -2.70. The molecule has 0 heterocycles. The van der Waals surface area contributed by atoms with Crippen LogP contribution in [0.4, 0.5) is 0 Å². The largest absolute Gasteiger partial charge is 0.487 e. The minimum Gasteiger partial charge on any atom is -0.487 e. The van der Waals surface area contributed by atoms with Crippen LogP contribution in [0.25, 0.3) is 0 Å². The highest BCUT2D eigenvalue weighted by Gasteiger charge is 2.70. The lowest BCUT2D eigenvalue weighted by Crippen LogP contribution is -2.69. The van der Waals surface area contributed by atoms with E-state index >= 15 is 0 Å². The highest BCUT2D eigenvalue weighted by atomic mass is 16.5. The van der Waals surface area contributed by atoms with Gasteiger partial charge in [-0.25, -0.2) is 0 Å². The van der Waals surface area contributed by atoms with E-state index in [-0.39, 0.29) is 21.8 Å². The van der Waals surface area contributed by atoms with Gasteiger partial charge in [0.1, 0.15) is 11.4 Å². The van der Waals surface area contributed by atoms with Gasteiger partial charge in [0, 0.05) is 16.2 Å². The molecule has 4 aliphatic rings. The van der Waals surface area contributed by atoms with Crippen LogP contribution in [0, 0.1) is 0 Å². The van der Waals surface area contributed by atoms with Crippen LogP contribution in [0.3, 0.4) is 0 Å². The van der Waals surface area contributed by atoms with Gasteiger partial charge in [0.05, 0.1) is 0 Å². The molecule has 4 aromatic rings. The Hall–Kier alpha value is -3.32. The van der Waals surface area contributed by atoms with E-state index in [1.807, 2.05) is 0 Å². The van der Waals surface area contributed by atoms with Crippen molar-refractivity contribution in [1.29, 1.82) is 0 Å². The maximum atomic E-state index is 7.15. The summed E-state index contributed by atoms with van der Waals surface area (Å²) in [5.74, 6) is 1.00. The zero-order valence-electron chi connectivity index (χ0n) is 20.2. The Balaban J connectivity index is 1.47. The number of ether oxygens (including phenoxy) is 1. The molecule has 4 aliphatic carbocycles. The third-order valence-electron chi connectivity index (χ3n) is 9.25. The van der Waals surface area contributed by atoms with Crippen molar-refractivity contribution in [3.8, 4) is 5.75 Å². The molecule has 0 aliphatic heterocycles. The van der Waals surface area contributed by atoms with Gasteiger partial charge in [0.25, 0.3) is 0 Å². The van der Waals surface area contributed by atoms with E-state index in [2.05, 4.69) is 121 Å². The van der Waals surface area contributed by atoms with Gasteiger partial charge in [-0.2, -0.15) is 0 Å². The highest BCUT2D eigenvalue weighted by molar-refractivity contribution is 5.46. The topological polar surface area (TPSA) is 9.23 Å². The normalized spacial score (nSPS) is 32.9. The third kappa shape index (κ3) is 3.28. The van der Waals surface area contributed by atoms with Crippen molar-refractivity contribution in [2.24, 2.45) is 0 Å². The van der Waals surface area contributed by atoms with Crippen LogP contribution >= 0.6 is 0 Å². The Morgan fingerprint density at radius 2 is 0.686 bits per heavy atom. The lowest BCUT2D eigenvalue weighted by molar-refractivity contribution is -0.147. The number of hydrogen-bond donors (Lipinski definition) is 0. The fourth-order valence-corrected chi connectivity index (χ4v) is 8.68. The van der Waals surface area contributed by atoms with Crippen molar-refractivity contribution in [2.45, 2.75) is 60.4 Å². The van der Waals surface area contributed by atoms with Crippen molar-refractivity contribution < 1.29 is 4.74 Å². The molecular weight excluding hydrogens is 424 g/mol. The molecule has 0 amide bonds. The maximum absolute atomic E-state index is 7.15. The first-order valence-electron chi connectivity index (χ1n) is 13.0. The Bertz CT molecular complexity index is 1170. The van der Waals surface area contributed by atoms with Crippen molar-refractivity contribution >= 4 is 0 Å². The maximum Gasteiger partial charge on any atom is 0.120 e. The molecule has 8 rings (SSSR count). The second-order valence-corrected chi connectivity index (χ2v) is 11.6. The first-order valence-corrected chi connectivity index (χ1v) is 13.0. The Morgan fingerprint density at radius 3 is 1.03 bits per heavy atom. The summed E-state index contributed by atoms with van der Waals surface area (Å²) < 4.78 is 7.15. The summed E-state index contributed by atoms with van der Waals surface area (Å²) in [5, 5.41) is 0. The van der Waals surface area contributed by atoms with Crippen LogP contribution in [-0.2, 0) is 16.2 Å². The summed E-state index contributed by atoms with van der Waals surface area (Å²) in [6.07, 6.45) is 6.85. The molecule has 0 spiro atoms. The van der Waals surface area contributed by atoms with Gasteiger partial charge in [-0.1, -0.05) is 109 Å². The highest BCUT2D eigenvalue weighted by Crippen LogP contribution is 2.72. The standard InChI is InChI=1S/C34H32O/c1-5-13-27(14-6-1)31-21-32(28-15-7-2-8-16-28)23-33(22-31,29-17-9-3-10-18-29)26-34(24-31,25-32)35-30-19-11-4-12-20-30/h1-20H,21-26H2. The van der Waals surface area contributed by atoms with E-state index < -0.39 is 0 Å². The Labute approximate surface area is 208 Å². The lowest BCUT2D eigenvalue weighted by atomic mass is 9.35. The molecule has 4 aromatic carbocycles. The molecule has 0 radical (unpaired) electrons. The fraction of sp³-hybridized carbons (Fsp3) is 0.294. The summed E-state index contributed by atoms with van der Waals surface area (Å²) >= 11 is 0. The van der Waals surface area contributed by atoms with Crippen molar-refractivity contribution in [3.05, 3.63) is 138 Å². The van der Waals surface area contributed by atoms with E-state index in [0.717, 1.165) is 25.0 Å². The van der Waals surface area contributed by atoms with Crippen LogP contribution in [0.1, 0.15) is 55.2 Å². The van der Waals surface area contributed by atoms with Gasteiger partial charge in [-0.05, 0) is 67.3 Å². The number of para-hydroxylation sites is 1. The summed E-state index contributed by atoms with van der Waals surface area (Å²) in [6.45, 7) is 0. The van der Waals surface area contributed by atoms with Gasteiger partial charge >= 0.3 is 0 Å². The molecule has 35 heavy (non-hydrogen) atoms. The molecule has 4 bridgehead atoms. The molecule has 0 N–H and O–H groups in total. The summed E-state index contributed by atoms with van der Waals surface area (Å²) in [4.78, 5) is 0. The van der Waals surface area contributed by atoms with E-state index in [1.54, 1.807) is 0 Å². The summed E-state index contributed by atoms with van der Waals surface area (Å²) in [6, 6.07) is 44.6. The second-order valence-electron chi connectivity index (χ2n) is 11.6. The molecule has 4 saturated carbocycles. The zero-order chi connectivity index (χ0) is 23.4. The third-order valence-corrected chi connectivity index (χ3v) is 9.25. The van der Waals surface area contributed by atoms with Crippen LogP contribution in [0.2, 0.25) is 0 Å². The van der Waals surface area contributed by atoms with Crippen molar-refractivity contribution in [1.82, 2.24) is 0 Å². The molecule has 0 saturated heterocycles. The smallest absolute Gasteiger partial charge is 0.120 e. The SMILES string of the molecule is c1ccc(OC23CC4(c5ccccc5)CC(c5ccccc5)(C2)CC(c2ccccc2)(C3)C4)cc1. The average Bonchev–Trinajstić information content (AvgIpc) is 2.90. The van der Waals surface area contributed by atoms with E-state index in [0.29, 0.717) is 0 Å². The van der Waals surface area contributed by atoms with Gasteiger partial charge < -0.3 is 4.74 Å². The van der Waals surface area contributed by atoms with Gasteiger partial charge in [-0.15, -0.1) is 0 Å². The zero-order valence-corrected chi connectivity index (χ0v) is 20.2. The molecule has 1 nitrogen and oxygen atoms in total. The second kappa shape index (κ2) is 7.59. The fourth-order valence-electron chi connectivity index (χ4n) is 8.68. The average molecular weight is 457 g/mol. The van der Waals surface area contributed by atoms with Crippen LogP contribution in [0.15, 0.2) is 121 Å². The summed E-state index contributed by atoms with van der Waals surface area (Å²) in [7, 11) is 0. The van der Waals surface area contributed by atoms with Gasteiger partial charge in [0.15, 0.2) is 0 Å². The first kappa shape index (κ1) is 21.0. The molecule has 4 fully saturated rings. The number of benzene rings is 4. The van der Waals surface area contributed by atoms with Gasteiger partial charge in [-0.3, -0.25) is 0 Å². The number of hydrogen-bond acceptors (Lipinski definition) is 1. The van der Waals surface area contributed by atoms with Crippen LogP contribution in [-0.4, -0.2) is 5.60 Å². The van der Waals surface area contributed by atoms with Gasteiger partial charge in [0.2, 0.25) is 0 Å². The van der Waals surface area contributed by atoms with E-state index in [4.69, 9.17) is 4.74 Å². The van der Waals surface area contributed by atoms with E-state index in [1.165, 1.54) is 36.0 Å². The first-order chi connectivity index (χ1) is 17.1. The quantitative estimate of drug-likeness (QED) is 0.296. The molecule has 0 aromatic heterocycles. The minimum atomic E-state index is -0.197. The molecule has 1 heteroatoms. The monoisotopic (exact) mass is 456 g/mol. The van der Waals surface area contributed by atoms with E-state index in [9.17, 15) is 0 Å². The molecular formula is C34H32O. The predicted molar refractivity (Wildman–Crippen MR) is 142 cm³/mol. The van der Waals surface area contributed by atoms with Crippen molar-refractivity contribution in [2.75, 3.05) is 0 Å². The Kier molecular flexibility index (Phi) is 4.55. The molecule has 0 atom stereocenters. The van der Waals surface area contributed by atoms with Crippen molar-refractivity contribution in [3.63, 3.8) is 0 Å². The van der Waals surface area contributed by atoms with Crippen LogP contribution in [0.5, 0.6) is 5.75 Å². The predicted octanol–water partition coefficient (Wildman–Crippen LogP) is 8.00. The molecule has 0 unspecified atom stereocenters. The number of rotatable bonds is 5. The molecule has 174 valence electrons. The minimum absolute atomic E-state index is 0.0937.